The Hall–Kier alpha value is -4.87. The quantitative estimate of drug-likeness (QED) is 0.0394. The smallest absolute Gasteiger partial charge is 0.265 e. The van der Waals surface area contributed by atoms with Gasteiger partial charge in [0.05, 0.1) is 76.1 Å². The number of fused-ring (bicyclic) bond motifs is 1. The molecule has 2 N–H and O–H groups in total. The molecule has 2 aromatic rings. The minimum atomic E-state index is -1.12. The molecule has 1 aromatic carbocycles. The Morgan fingerprint density at radius 3 is 2.15 bits per heavy atom. The second kappa shape index (κ2) is 28.0. The molecule has 20 nitrogen and oxygen atoms in total. The van der Waals surface area contributed by atoms with E-state index in [-0.39, 0.29) is 66.4 Å². The molecule has 1 aromatic heterocycles. The number of pyridine rings is 1. The Kier molecular flexibility index (Phi) is 21.6. The Morgan fingerprint density at radius 2 is 1.49 bits per heavy atom. The number of carbonyl (C=O) groups is 5. The Morgan fingerprint density at radius 1 is 0.824 bits per heavy atom. The molecule has 3 fully saturated rings. The second-order valence-electron chi connectivity index (χ2n) is 16.9. The van der Waals surface area contributed by atoms with E-state index in [1.54, 1.807) is 6.07 Å². The summed E-state index contributed by atoms with van der Waals surface area (Å²) in [5.74, 6) is -1.47. The number of carbonyl (C=O) groups excluding carboxylic acids is 5. The van der Waals surface area contributed by atoms with Crippen LogP contribution in [0.15, 0.2) is 45.1 Å². The third kappa shape index (κ3) is 15.3. The van der Waals surface area contributed by atoms with Gasteiger partial charge in [-0.05, 0) is 57.0 Å². The third-order valence-corrected chi connectivity index (χ3v) is 13.5. The molecule has 0 radical (unpaired) electrons. The molecule has 1 aliphatic carbocycles. The lowest BCUT2D eigenvalue weighted by atomic mass is 10.1. The molecule has 1 saturated carbocycles. The van der Waals surface area contributed by atoms with Crippen LogP contribution < -0.4 is 20.9 Å². The average molecular weight is 966 g/mol. The lowest BCUT2D eigenvalue weighted by molar-refractivity contribution is -0.123. The lowest BCUT2D eigenvalue weighted by Gasteiger charge is -2.37. The molecule has 21 heteroatoms. The summed E-state index contributed by atoms with van der Waals surface area (Å²) in [5.41, 5.74) is 0.888. The number of nitrogens with one attached hydrogen (secondary N) is 2. The summed E-state index contributed by atoms with van der Waals surface area (Å²) in [7, 11) is 1.45. The van der Waals surface area contributed by atoms with Crippen LogP contribution in [0.2, 0.25) is 0 Å². The maximum atomic E-state index is 13.2. The number of benzene rings is 1. The summed E-state index contributed by atoms with van der Waals surface area (Å²) in [6, 6.07) is 7.24. The number of nitrogens with zero attached hydrogens (tertiary/aromatic N) is 7. The van der Waals surface area contributed by atoms with Crippen molar-refractivity contribution in [3.05, 3.63) is 57.4 Å². The first kappa shape index (κ1) is 52.5. The maximum Gasteiger partial charge on any atom is 0.265 e. The first-order chi connectivity index (χ1) is 33.2. The topological polar surface area (TPSA) is 215 Å². The molecular weight excluding hydrogens is 899 g/mol. The van der Waals surface area contributed by atoms with Gasteiger partial charge in [-0.25, -0.2) is 13.6 Å². The minimum Gasteiger partial charge on any atom is -0.483 e. The number of piperidine rings is 1. The van der Waals surface area contributed by atoms with Crippen LogP contribution in [0.3, 0.4) is 0 Å². The lowest BCUT2D eigenvalue weighted by Crippen LogP contribution is -2.46. The highest BCUT2D eigenvalue weighted by atomic mass is 32.2. The fourth-order valence-corrected chi connectivity index (χ4v) is 9.60. The molecule has 4 heterocycles. The van der Waals surface area contributed by atoms with Crippen molar-refractivity contribution in [2.45, 2.75) is 69.5 Å². The van der Waals surface area contributed by atoms with E-state index in [1.165, 1.54) is 25.2 Å². The highest BCUT2D eigenvalue weighted by Gasteiger charge is 2.42. The fraction of sp³-hybridized carbons (Fsp3) is 0.617. The van der Waals surface area contributed by atoms with Crippen molar-refractivity contribution < 1.29 is 47.7 Å². The van der Waals surface area contributed by atoms with Crippen LogP contribution in [0, 0.1) is 0 Å². The van der Waals surface area contributed by atoms with Crippen molar-refractivity contribution in [2.24, 2.45) is 9.98 Å². The van der Waals surface area contributed by atoms with Gasteiger partial charge in [-0.15, -0.1) is 0 Å². The van der Waals surface area contributed by atoms with Gasteiger partial charge in [0.2, 0.25) is 5.91 Å². The number of hydrogen-bond donors (Lipinski definition) is 2. The van der Waals surface area contributed by atoms with E-state index in [0.717, 1.165) is 94.8 Å². The standard InChI is InChI=1S/C47H67N9O11S/c1-48-41(58)12-11-38(33-57)56-46(61)39-8-5-9-40(44(39)47(56)62)67-34-42(59)50-16-24-63-26-28-65-30-31-66-29-27-64-25-23-52-19-21-54(22-20-52)68-53-17-14-36(15-18-53)51-32-35-10-13-43(60)55(45(35)49-2)37-6-3-4-7-37/h5,8-10,13,32-33,36-38H,2-4,6-7,11-12,14-31,34H2,1H3,(H,48,58)(H,50,59). The van der Waals surface area contributed by atoms with Crippen molar-refractivity contribution in [3.63, 3.8) is 0 Å². The zero-order chi connectivity index (χ0) is 48.1. The molecule has 372 valence electrons. The van der Waals surface area contributed by atoms with Crippen LogP contribution in [0.25, 0.3) is 0 Å². The third-order valence-electron chi connectivity index (χ3n) is 12.3. The molecule has 0 spiro atoms. The number of imide groups is 1. The van der Waals surface area contributed by atoms with Crippen LogP contribution in [0.4, 0.5) is 5.82 Å². The SMILES string of the molecule is C=Nc1c(C=NC2CCN(SN3CCN(CCOCCOCCOCCOCCNC(=O)COc4cccc5c4C(=O)N(C(C=O)CCC(=O)NC)C5=O)CC3)CC2)ccc(=O)n1C1CCCC1. The Balaban J connectivity index is 0.718. The predicted octanol–water partition coefficient (Wildman–Crippen LogP) is 2.31. The molecule has 4 aliphatic rings. The number of aldehydes is 1. The zero-order valence-corrected chi connectivity index (χ0v) is 40.0. The number of ether oxygens (including phenoxy) is 5. The monoisotopic (exact) mass is 965 g/mol. The van der Waals surface area contributed by atoms with Gasteiger partial charge in [0.1, 0.15) is 17.9 Å². The van der Waals surface area contributed by atoms with Crippen LogP contribution in [-0.2, 0) is 33.3 Å². The molecule has 1 unspecified atom stereocenters. The van der Waals surface area contributed by atoms with Gasteiger partial charge >= 0.3 is 0 Å². The number of rotatable bonds is 29. The van der Waals surface area contributed by atoms with Crippen LogP contribution in [0.5, 0.6) is 5.75 Å². The molecule has 6 rings (SSSR count). The zero-order valence-electron chi connectivity index (χ0n) is 39.2. The highest BCUT2D eigenvalue weighted by molar-refractivity contribution is 7.94. The van der Waals surface area contributed by atoms with Crippen molar-refractivity contribution >= 4 is 60.8 Å². The molecule has 4 amide bonds. The van der Waals surface area contributed by atoms with Crippen LogP contribution in [0.1, 0.15) is 83.7 Å². The highest BCUT2D eigenvalue weighted by Crippen LogP contribution is 2.34. The van der Waals surface area contributed by atoms with Gasteiger partial charge in [-0.3, -0.25) is 43.3 Å². The summed E-state index contributed by atoms with van der Waals surface area (Å²) in [5, 5.41) is 5.12. The summed E-state index contributed by atoms with van der Waals surface area (Å²) in [4.78, 5) is 87.1. The summed E-state index contributed by atoms with van der Waals surface area (Å²) >= 11 is 1.86. The van der Waals surface area contributed by atoms with E-state index in [9.17, 15) is 28.8 Å². The van der Waals surface area contributed by atoms with Crippen LogP contribution in [-0.4, -0.2) is 197 Å². The van der Waals surface area contributed by atoms with Gasteiger partial charge in [-0.1, -0.05) is 18.9 Å². The number of aliphatic imine (C=N–C) groups is 2. The maximum absolute atomic E-state index is 13.2. The van der Waals surface area contributed by atoms with E-state index in [1.807, 2.05) is 29.0 Å². The molecule has 68 heavy (non-hydrogen) atoms. The van der Waals surface area contributed by atoms with Gasteiger partial charge in [0.15, 0.2) is 6.61 Å². The summed E-state index contributed by atoms with van der Waals surface area (Å²) < 4.78 is 34.8. The van der Waals surface area contributed by atoms with Crippen LogP contribution >= 0.6 is 12.1 Å². The minimum absolute atomic E-state index is 0.00978. The Bertz CT molecular complexity index is 2090. The first-order valence-electron chi connectivity index (χ1n) is 23.7. The second-order valence-corrected chi connectivity index (χ2v) is 18.1. The molecule has 1 atom stereocenters. The van der Waals surface area contributed by atoms with E-state index < -0.39 is 30.4 Å². The molecule has 0 bridgehead atoms. The van der Waals surface area contributed by atoms with Crippen molar-refractivity contribution in [3.8, 4) is 5.75 Å². The number of aromatic nitrogens is 1. The summed E-state index contributed by atoms with van der Waals surface area (Å²) in [6.45, 7) is 13.9. The van der Waals surface area contributed by atoms with E-state index >= 15 is 0 Å². The fourth-order valence-electron chi connectivity index (χ4n) is 8.57. The van der Waals surface area contributed by atoms with Crippen molar-refractivity contribution in [1.82, 2.24) is 33.6 Å². The number of amides is 4. The van der Waals surface area contributed by atoms with Crippen molar-refractivity contribution in [2.75, 3.05) is 119 Å². The predicted molar refractivity (Wildman–Crippen MR) is 257 cm³/mol. The van der Waals surface area contributed by atoms with Crippen molar-refractivity contribution in [1.29, 1.82) is 0 Å². The van der Waals surface area contributed by atoms with E-state index in [2.05, 4.69) is 35.9 Å². The largest absolute Gasteiger partial charge is 0.483 e. The average Bonchev–Trinajstić information content (AvgIpc) is 3.98. The first-order valence-corrected chi connectivity index (χ1v) is 24.5. The van der Waals surface area contributed by atoms with Gasteiger partial charge in [-0.2, -0.15) is 0 Å². The summed E-state index contributed by atoms with van der Waals surface area (Å²) in [6.07, 6.45) is 8.59. The molecule has 2 saturated heterocycles. The Labute approximate surface area is 402 Å². The van der Waals surface area contributed by atoms with Gasteiger partial charge in [0, 0.05) is 102 Å². The van der Waals surface area contributed by atoms with E-state index in [0.29, 0.717) is 58.4 Å². The number of piperazine rings is 1. The van der Waals surface area contributed by atoms with Gasteiger partial charge < -0.3 is 39.1 Å². The number of hydrogen-bond acceptors (Lipinski definition) is 17. The van der Waals surface area contributed by atoms with Gasteiger partial charge in [0.25, 0.3) is 23.3 Å². The van der Waals surface area contributed by atoms with E-state index in [4.69, 9.17) is 28.7 Å². The normalized spacial score (nSPS) is 18.0. The molecular formula is C47H67N9O11S. The molecule has 3 aliphatic heterocycles.